The molecule has 5 nitrogen and oxygen atoms in total. The average molecular weight is 293 g/mol. The Kier molecular flexibility index (Phi) is 3.33. The normalized spacial score (nSPS) is 25.8. The second kappa shape index (κ2) is 5.01. The predicted octanol–water partition coefficient (Wildman–Crippen LogP) is 2.61. The van der Waals surface area contributed by atoms with Crippen molar-refractivity contribution in [1.29, 1.82) is 0 Å². The highest BCUT2D eigenvalue weighted by Crippen LogP contribution is 2.38. The molecule has 1 aromatic carbocycles. The van der Waals surface area contributed by atoms with Crippen LogP contribution >= 0.6 is 11.8 Å². The van der Waals surface area contributed by atoms with Gasteiger partial charge in [-0.05, 0) is 30.4 Å². The number of benzene rings is 1. The third-order valence-electron chi connectivity index (χ3n) is 3.79. The van der Waals surface area contributed by atoms with E-state index in [0.717, 1.165) is 24.3 Å². The van der Waals surface area contributed by atoms with Crippen molar-refractivity contribution in [3.8, 4) is 0 Å². The minimum atomic E-state index is -0.999. The molecule has 1 spiro atoms. The maximum Gasteiger partial charge on any atom is 0.414 e. The molecule has 2 saturated heterocycles. The maximum absolute atomic E-state index is 12.2. The van der Waals surface area contributed by atoms with Gasteiger partial charge in [-0.2, -0.15) is 11.8 Å². The number of anilines is 1. The van der Waals surface area contributed by atoms with Crippen molar-refractivity contribution < 1.29 is 19.4 Å². The van der Waals surface area contributed by atoms with E-state index in [9.17, 15) is 9.59 Å². The molecule has 2 aliphatic rings. The number of carbonyl (C=O) groups is 2. The van der Waals surface area contributed by atoms with Gasteiger partial charge in [0.2, 0.25) is 0 Å². The quantitative estimate of drug-likeness (QED) is 0.908. The van der Waals surface area contributed by atoms with Gasteiger partial charge in [-0.15, -0.1) is 0 Å². The van der Waals surface area contributed by atoms with Gasteiger partial charge in [0.05, 0.1) is 5.56 Å². The third kappa shape index (κ3) is 2.35. The SMILES string of the molecule is O=C(O)c1cccc(N2CCC3(CCSC3)OC2=O)c1. The van der Waals surface area contributed by atoms with Crippen LogP contribution in [0.4, 0.5) is 10.5 Å². The number of carboxylic acids is 1. The summed E-state index contributed by atoms with van der Waals surface area (Å²) in [5.74, 6) is 0.893. The first-order valence-electron chi connectivity index (χ1n) is 6.51. The summed E-state index contributed by atoms with van der Waals surface area (Å²) < 4.78 is 5.62. The summed E-state index contributed by atoms with van der Waals surface area (Å²) in [6, 6.07) is 6.39. The topological polar surface area (TPSA) is 66.8 Å². The molecule has 0 aliphatic carbocycles. The Labute approximate surface area is 120 Å². The molecule has 0 saturated carbocycles. The van der Waals surface area contributed by atoms with E-state index in [-0.39, 0.29) is 17.3 Å². The molecule has 1 amide bonds. The van der Waals surface area contributed by atoms with Crippen LogP contribution < -0.4 is 4.90 Å². The number of nitrogens with zero attached hydrogens (tertiary/aromatic N) is 1. The van der Waals surface area contributed by atoms with Crippen molar-refractivity contribution in [2.24, 2.45) is 0 Å². The zero-order valence-electron chi connectivity index (χ0n) is 10.9. The lowest BCUT2D eigenvalue weighted by Crippen LogP contribution is -2.49. The van der Waals surface area contributed by atoms with Gasteiger partial charge in [0, 0.05) is 24.4 Å². The molecule has 2 fully saturated rings. The predicted molar refractivity (Wildman–Crippen MR) is 76.5 cm³/mol. The smallest absolute Gasteiger partial charge is 0.414 e. The van der Waals surface area contributed by atoms with Gasteiger partial charge in [0.1, 0.15) is 5.60 Å². The van der Waals surface area contributed by atoms with Gasteiger partial charge in [-0.25, -0.2) is 9.59 Å². The first kappa shape index (κ1) is 13.3. The summed E-state index contributed by atoms with van der Waals surface area (Å²) in [5, 5.41) is 9.00. The van der Waals surface area contributed by atoms with E-state index in [1.807, 2.05) is 11.8 Å². The third-order valence-corrected chi connectivity index (χ3v) is 5.01. The standard InChI is InChI=1S/C14H15NO4S/c16-12(17)10-2-1-3-11(8-10)15-6-4-14(19-13(15)18)5-7-20-9-14/h1-3,8H,4-7,9H2,(H,16,17). The Morgan fingerprint density at radius 2 is 2.25 bits per heavy atom. The summed E-state index contributed by atoms with van der Waals surface area (Å²) in [4.78, 5) is 24.7. The monoisotopic (exact) mass is 293 g/mol. The Morgan fingerprint density at radius 3 is 2.90 bits per heavy atom. The molecule has 0 aromatic heterocycles. The summed E-state index contributed by atoms with van der Waals surface area (Å²) in [5.41, 5.74) is 0.449. The molecule has 1 N–H and O–H groups in total. The fourth-order valence-electron chi connectivity index (χ4n) is 2.61. The maximum atomic E-state index is 12.2. The van der Waals surface area contributed by atoms with Crippen LogP contribution in [0.25, 0.3) is 0 Å². The molecule has 3 rings (SSSR count). The lowest BCUT2D eigenvalue weighted by Gasteiger charge is -2.38. The van der Waals surface area contributed by atoms with E-state index in [1.165, 1.54) is 17.0 Å². The van der Waals surface area contributed by atoms with E-state index < -0.39 is 5.97 Å². The van der Waals surface area contributed by atoms with Crippen molar-refractivity contribution in [1.82, 2.24) is 0 Å². The minimum Gasteiger partial charge on any atom is -0.478 e. The minimum absolute atomic E-state index is 0.173. The second-order valence-electron chi connectivity index (χ2n) is 5.11. The molecule has 6 heteroatoms. The highest BCUT2D eigenvalue weighted by molar-refractivity contribution is 7.99. The van der Waals surface area contributed by atoms with Crippen molar-refractivity contribution >= 4 is 29.5 Å². The van der Waals surface area contributed by atoms with Crippen molar-refractivity contribution in [3.05, 3.63) is 29.8 Å². The Balaban J connectivity index is 1.80. The van der Waals surface area contributed by atoms with E-state index in [0.29, 0.717) is 12.2 Å². The Hall–Kier alpha value is -1.69. The van der Waals surface area contributed by atoms with E-state index in [4.69, 9.17) is 9.84 Å². The molecule has 1 unspecified atom stereocenters. The summed E-state index contributed by atoms with van der Waals surface area (Å²) in [7, 11) is 0. The largest absolute Gasteiger partial charge is 0.478 e. The van der Waals surface area contributed by atoms with Crippen LogP contribution in [-0.4, -0.2) is 40.8 Å². The lowest BCUT2D eigenvalue weighted by molar-refractivity contribution is 0.0153. The number of rotatable bonds is 2. The van der Waals surface area contributed by atoms with Crippen LogP contribution in [0.1, 0.15) is 23.2 Å². The Bertz CT molecular complexity index is 554. The summed E-state index contributed by atoms with van der Waals surface area (Å²) >= 11 is 1.81. The number of aromatic carboxylic acids is 1. The number of hydrogen-bond acceptors (Lipinski definition) is 4. The van der Waals surface area contributed by atoms with Gasteiger partial charge < -0.3 is 9.84 Å². The van der Waals surface area contributed by atoms with Gasteiger partial charge in [-0.1, -0.05) is 6.07 Å². The zero-order chi connectivity index (χ0) is 14.2. The Morgan fingerprint density at radius 1 is 1.40 bits per heavy atom. The molecule has 2 heterocycles. The second-order valence-corrected chi connectivity index (χ2v) is 6.22. The molecular formula is C14H15NO4S. The molecular weight excluding hydrogens is 278 g/mol. The van der Waals surface area contributed by atoms with Crippen LogP contribution in [0.3, 0.4) is 0 Å². The van der Waals surface area contributed by atoms with E-state index in [1.54, 1.807) is 12.1 Å². The van der Waals surface area contributed by atoms with E-state index >= 15 is 0 Å². The lowest BCUT2D eigenvalue weighted by atomic mass is 9.97. The van der Waals surface area contributed by atoms with Crippen LogP contribution in [-0.2, 0) is 4.74 Å². The highest BCUT2D eigenvalue weighted by atomic mass is 32.2. The molecule has 20 heavy (non-hydrogen) atoms. The number of thioether (sulfide) groups is 1. The van der Waals surface area contributed by atoms with Gasteiger partial charge in [0.25, 0.3) is 0 Å². The van der Waals surface area contributed by atoms with Crippen molar-refractivity contribution in [3.63, 3.8) is 0 Å². The molecule has 1 aromatic rings. The van der Waals surface area contributed by atoms with Crippen LogP contribution in [0.2, 0.25) is 0 Å². The molecule has 0 radical (unpaired) electrons. The molecule has 106 valence electrons. The number of hydrogen-bond donors (Lipinski definition) is 1. The molecule has 1 atom stereocenters. The first-order chi connectivity index (χ1) is 9.60. The molecule has 0 bridgehead atoms. The van der Waals surface area contributed by atoms with Gasteiger partial charge >= 0.3 is 12.1 Å². The number of carboxylic acid groups (broad SMARTS) is 1. The number of carbonyl (C=O) groups excluding carboxylic acids is 1. The van der Waals surface area contributed by atoms with Crippen LogP contribution in [0, 0.1) is 0 Å². The number of ether oxygens (including phenoxy) is 1. The fraction of sp³-hybridized carbons (Fsp3) is 0.429. The van der Waals surface area contributed by atoms with Gasteiger partial charge in [0.15, 0.2) is 0 Å². The summed E-state index contributed by atoms with van der Waals surface area (Å²) in [6.07, 6.45) is 1.33. The van der Waals surface area contributed by atoms with Crippen molar-refractivity contribution in [2.45, 2.75) is 18.4 Å². The zero-order valence-corrected chi connectivity index (χ0v) is 11.7. The van der Waals surface area contributed by atoms with Crippen LogP contribution in [0.5, 0.6) is 0 Å². The fourth-order valence-corrected chi connectivity index (χ4v) is 3.99. The average Bonchev–Trinajstić information content (AvgIpc) is 2.87. The molecule has 2 aliphatic heterocycles. The summed E-state index contributed by atoms with van der Waals surface area (Å²) in [6.45, 7) is 0.572. The highest BCUT2D eigenvalue weighted by Gasteiger charge is 2.43. The van der Waals surface area contributed by atoms with Gasteiger partial charge in [-0.3, -0.25) is 4.90 Å². The van der Waals surface area contributed by atoms with Crippen molar-refractivity contribution in [2.75, 3.05) is 23.0 Å². The van der Waals surface area contributed by atoms with E-state index in [2.05, 4.69) is 0 Å². The first-order valence-corrected chi connectivity index (χ1v) is 7.67. The number of amides is 1. The van der Waals surface area contributed by atoms with Crippen LogP contribution in [0.15, 0.2) is 24.3 Å².